The van der Waals surface area contributed by atoms with Gasteiger partial charge in [-0.3, -0.25) is 0 Å². The van der Waals surface area contributed by atoms with Crippen LogP contribution in [0.1, 0.15) is 5.56 Å². The fraction of sp³-hybridized carbons (Fsp3) is 0.364. The molecule has 1 N–H and O–H groups in total. The highest BCUT2D eigenvalue weighted by Crippen LogP contribution is 2.38. The number of benzene rings is 2. The van der Waals surface area contributed by atoms with Crippen LogP contribution in [0.5, 0.6) is 11.5 Å². The Labute approximate surface area is 183 Å². The molecule has 5 rings (SSSR count). The van der Waals surface area contributed by atoms with Crippen LogP contribution >= 0.6 is 11.6 Å². The van der Waals surface area contributed by atoms with E-state index in [-0.39, 0.29) is 13.2 Å². The first-order chi connectivity index (χ1) is 15.0. The maximum atomic E-state index is 13.9. The Bertz CT molecular complexity index is 1130. The SMILES string of the molecule is COc1cc2c(Nc3cccc(Cl)c3C)ncnc2cc1O[C@@H]1CO[C@@H]2[C@H]1OC[C@H]2F. The molecule has 2 fully saturated rings. The molecule has 0 saturated carbocycles. The third-order valence-electron chi connectivity index (χ3n) is 5.67. The summed E-state index contributed by atoms with van der Waals surface area (Å²) in [4.78, 5) is 8.77. The second-order valence-electron chi connectivity index (χ2n) is 7.55. The normalized spacial score (nSPS) is 24.9. The molecule has 7 nitrogen and oxygen atoms in total. The zero-order chi connectivity index (χ0) is 21.5. The van der Waals surface area contributed by atoms with Crippen molar-refractivity contribution < 1.29 is 23.3 Å². The molecule has 2 aliphatic rings. The van der Waals surface area contributed by atoms with Gasteiger partial charge in [0.1, 0.15) is 24.4 Å². The molecule has 3 aromatic rings. The van der Waals surface area contributed by atoms with Gasteiger partial charge in [-0.25, -0.2) is 14.4 Å². The zero-order valence-corrected chi connectivity index (χ0v) is 17.7. The summed E-state index contributed by atoms with van der Waals surface area (Å²) in [7, 11) is 1.56. The third kappa shape index (κ3) is 3.64. The van der Waals surface area contributed by atoms with Gasteiger partial charge in [-0.2, -0.15) is 0 Å². The molecule has 1 aromatic heterocycles. The minimum Gasteiger partial charge on any atom is -0.493 e. The van der Waals surface area contributed by atoms with Crippen molar-refractivity contribution in [1.82, 2.24) is 9.97 Å². The highest BCUT2D eigenvalue weighted by molar-refractivity contribution is 6.31. The number of hydrogen-bond donors (Lipinski definition) is 1. The lowest BCUT2D eigenvalue weighted by atomic mass is 10.1. The number of hydrogen-bond acceptors (Lipinski definition) is 7. The highest BCUT2D eigenvalue weighted by Gasteiger charge is 2.49. The van der Waals surface area contributed by atoms with Crippen LogP contribution < -0.4 is 14.8 Å². The van der Waals surface area contributed by atoms with E-state index in [9.17, 15) is 4.39 Å². The number of aromatic nitrogens is 2. The van der Waals surface area contributed by atoms with Gasteiger partial charge >= 0.3 is 0 Å². The van der Waals surface area contributed by atoms with E-state index in [0.717, 1.165) is 16.6 Å². The monoisotopic (exact) mass is 445 g/mol. The molecule has 0 aliphatic carbocycles. The number of anilines is 2. The predicted molar refractivity (Wildman–Crippen MR) is 114 cm³/mol. The molecule has 2 saturated heterocycles. The van der Waals surface area contributed by atoms with E-state index in [4.69, 9.17) is 30.5 Å². The van der Waals surface area contributed by atoms with Crippen LogP contribution in [-0.2, 0) is 9.47 Å². The minimum atomic E-state index is -1.13. The molecular formula is C22H21ClFN3O4. The molecule has 0 bridgehead atoms. The number of ether oxygens (including phenoxy) is 4. The summed E-state index contributed by atoms with van der Waals surface area (Å²) >= 11 is 6.24. The highest BCUT2D eigenvalue weighted by atomic mass is 35.5. The van der Waals surface area contributed by atoms with Crippen LogP contribution in [0.15, 0.2) is 36.7 Å². The molecule has 31 heavy (non-hydrogen) atoms. The summed E-state index contributed by atoms with van der Waals surface area (Å²) in [6, 6.07) is 9.23. The number of halogens is 2. The van der Waals surface area contributed by atoms with Crippen molar-refractivity contribution in [2.45, 2.75) is 31.4 Å². The number of nitrogens with one attached hydrogen (secondary N) is 1. The number of rotatable bonds is 5. The van der Waals surface area contributed by atoms with Crippen LogP contribution in [0.2, 0.25) is 5.02 Å². The number of fused-ring (bicyclic) bond motifs is 2. The van der Waals surface area contributed by atoms with Crippen molar-refractivity contribution in [1.29, 1.82) is 0 Å². The maximum Gasteiger partial charge on any atom is 0.164 e. The Balaban J connectivity index is 1.47. The van der Waals surface area contributed by atoms with Crippen LogP contribution in [0.3, 0.4) is 0 Å². The molecule has 0 amide bonds. The van der Waals surface area contributed by atoms with Crippen molar-refractivity contribution in [2.24, 2.45) is 0 Å². The van der Waals surface area contributed by atoms with Crippen LogP contribution in [-0.4, -0.2) is 54.8 Å². The summed E-state index contributed by atoms with van der Waals surface area (Å²) < 4.78 is 36.6. The molecule has 162 valence electrons. The summed E-state index contributed by atoms with van der Waals surface area (Å²) in [6.45, 7) is 2.21. The molecule has 3 heterocycles. The van der Waals surface area contributed by atoms with Gasteiger partial charge in [0.2, 0.25) is 0 Å². The van der Waals surface area contributed by atoms with Gasteiger partial charge < -0.3 is 24.3 Å². The first-order valence-corrected chi connectivity index (χ1v) is 10.3. The van der Waals surface area contributed by atoms with Crippen molar-refractivity contribution in [3.05, 3.63) is 47.2 Å². The van der Waals surface area contributed by atoms with E-state index >= 15 is 0 Å². The first-order valence-electron chi connectivity index (χ1n) is 9.94. The molecule has 2 aliphatic heterocycles. The lowest BCUT2D eigenvalue weighted by Crippen LogP contribution is -2.33. The standard InChI is InChI=1S/C22H21ClFN3O4/c1-11-13(23)4-3-5-15(11)27-22-12-6-17(28-2)18(7-16(12)25-10-26-22)31-19-9-30-20-14(24)8-29-21(19)20/h3-7,10,14,19-21H,8-9H2,1-2H3,(H,25,26,27)/t14-,19-,20+,21+/m1/s1. The number of nitrogens with zero attached hydrogens (tertiary/aromatic N) is 2. The van der Waals surface area contributed by atoms with Crippen molar-refractivity contribution in [3.63, 3.8) is 0 Å². The fourth-order valence-corrected chi connectivity index (χ4v) is 4.14. The first kappa shape index (κ1) is 20.2. The van der Waals surface area contributed by atoms with Gasteiger partial charge in [0.15, 0.2) is 23.8 Å². The summed E-state index contributed by atoms with van der Waals surface area (Å²) in [5.74, 6) is 1.61. The molecule has 0 radical (unpaired) electrons. The van der Waals surface area contributed by atoms with Crippen LogP contribution in [0.4, 0.5) is 15.9 Å². The van der Waals surface area contributed by atoms with E-state index in [1.165, 1.54) is 6.33 Å². The molecular weight excluding hydrogens is 425 g/mol. The van der Waals surface area contributed by atoms with Crippen LogP contribution in [0.25, 0.3) is 10.9 Å². The topological polar surface area (TPSA) is 74.7 Å². The van der Waals surface area contributed by atoms with Crippen molar-refractivity contribution in [2.75, 3.05) is 25.6 Å². The van der Waals surface area contributed by atoms with E-state index in [0.29, 0.717) is 27.9 Å². The Morgan fingerprint density at radius 3 is 2.81 bits per heavy atom. The van der Waals surface area contributed by atoms with Gasteiger partial charge in [0.05, 0.1) is 25.8 Å². The van der Waals surface area contributed by atoms with E-state index < -0.39 is 24.5 Å². The summed E-state index contributed by atoms with van der Waals surface area (Å²) in [5, 5.41) is 4.74. The second-order valence-corrected chi connectivity index (χ2v) is 7.96. The largest absolute Gasteiger partial charge is 0.493 e. The summed E-state index contributed by atoms with van der Waals surface area (Å²) in [5.41, 5.74) is 2.43. The van der Waals surface area contributed by atoms with Gasteiger partial charge in [0, 0.05) is 22.2 Å². The Kier molecular flexibility index (Phi) is 5.29. The quantitative estimate of drug-likeness (QED) is 0.630. The van der Waals surface area contributed by atoms with Gasteiger partial charge in [-0.15, -0.1) is 0 Å². The van der Waals surface area contributed by atoms with Crippen molar-refractivity contribution in [3.8, 4) is 11.5 Å². The predicted octanol–water partition coefficient (Wildman–Crippen LogP) is 4.23. The second kappa shape index (κ2) is 8.11. The summed E-state index contributed by atoms with van der Waals surface area (Å²) in [6.07, 6.45) is -1.11. The van der Waals surface area contributed by atoms with Crippen molar-refractivity contribution >= 4 is 34.0 Å². The number of alkyl halides is 1. The molecule has 0 spiro atoms. The zero-order valence-electron chi connectivity index (χ0n) is 17.0. The molecule has 2 aromatic carbocycles. The fourth-order valence-electron chi connectivity index (χ4n) is 3.97. The minimum absolute atomic E-state index is 0.0230. The average Bonchev–Trinajstić information content (AvgIpc) is 3.34. The lowest BCUT2D eigenvalue weighted by Gasteiger charge is -2.20. The molecule has 9 heteroatoms. The van der Waals surface area contributed by atoms with E-state index in [1.807, 2.05) is 31.2 Å². The van der Waals surface area contributed by atoms with Crippen LogP contribution in [0, 0.1) is 6.92 Å². The Hall–Kier alpha value is -2.68. The Morgan fingerprint density at radius 2 is 1.97 bits per heavy atom. The smallest absolute Gasteiger partial charge is 0.164 e. The third-order valence-corrected chi connectivity index (χ3v) is 6.08. The molecule has 4 atom stereocenters. The Morgan fingerprint density at radius 1 is 1.13 bits per heavy atom. The van der Waals surface area contributed by atoms with Gasteiger partial charge in [-0.05, 0) is 30.7 Å². The molecule has 0 unspecified atom stereocenters. The maximum absolute atomic E-state index is 13.9. The van der Waals surface area contributed by atoms with E-state index in [1.54, 1.807) is 13.2 Å². The van der Waals surface area contributed by atoms with E-state index in [2.05, 4.69) is 15.3 Å². The van der Waals surface area contributed by atoms with Gasteiger partial charge in [0.25, 0.3) is 0 Å². The average molecular weight is 446 g/mol. The lowest BCUT2D eigenvalue weighted by molar-refractivity contribution is 0.0271. The number of methoxy groups -OCH3 is 1. The van der Waals surface area contributed by atoms with Gasteiger partial charge in [-0.1, -0.05) is 17.7 Å².